The maximum Gasteiger partial charge on any atom is 0.310 e. The molecule has 0 saturated carbocycles. The van der Waals surface area contributed by atoms with Crippen LogP contribution in [0.25, 0.3) is 0 Å². The minimum atomic E-state index is -0.969. The zero-order valence-electron chi connectivity index (χ0n) is 12.5. The number of fused-ring (bicyclic) bond motifs is 2. The highest BCUT2D eigenvalue weighted by Gasteiger charge is 2.55. The van der Waals surface area contributed by atoms with E-state index in [1.54, 1.807) is 12.1 Å². The highest BCUT2D eigenvalue weighted by atomic mass is 16.5. The minimum Gasteiger partial charge on any atom is -0.495 e. The molecule has 2 saturated heterocycles. The fourth-order valence-corrected chi connectivity index (χ4v) is 3.46. The molecule has 2 bridgehead atoms. The van der Waals surface area contributed by atoms with E-state index in [4.69, 9.17) is 9.47 Å². The molecule has 0 unspecified atom stereocenters. The van der Waals surface area contributed by atoms with E-state index < -0.39 is 17.8 Å². The van der Waals surface area contributed by atoms with Crippen molar-refractivity contribution in [2.24, 2.45) is 11.8 Å². The normalized spacial score (nSPS) is 29.4. The predicted octanol–water partition coefficient (Wildman–Crippen LogP) is 1.82. The summed E-state index contributed by atoms with van der Waals surface area (Å²) in [6.45, 7) is 1.91. The monoisotopic (exact) mass is 305 g/mol. The van der Waals surface area contributed by atoms with E-state index >= 15 is 0 Å². The summed E-state index contributed by atoms with van der Waals surface area (Å²) in [5.74, 6) is -2.15. The second kappa shape index (κ2) is 5.61. The van der Waals surface area contributed by atoms with E-state index in [9.17, 15) is 14.7 Å². The Morgan fingerprint density at radius 1 is 1.27 bits per heavy atom. The SMILES string of the molecule is COc1ccc(C)cc1NC(=O)[C@@H]1[C@@H](C(=O)O)[C@H]2CC[C@@H]1O2. The van der Waals surface area contributed by atoms with E-state index in [0.717, 1.165) is 12.0 Å². The number of carbonyl (C=O) groups is 2. The summed E-state index contributed by atoms with van der Waals surface area (Å²) in [5.41, 5.74) is 1.54. The van der Waals surface area contributed by atoms with Gasteiger partial charge in [0.15, 0.2) is 0 Å². The number of carboxylic acids is 1. The summed E-state index contributed by atoms with van der Waals surface area (Å²) in [6.07, 6.45) is 0.788. The van der Waals surface area contributed by atoms with Crippen molar-refractivity contribution in [1.29, 1.82) is 0 Å². The van der Waals surface area contributed by atoms with Crippen LogP contribution in [0.2, 0.25) is 0 Å². The molecule has 0 aromatic heterocycles. The van der Waals surface area contributed by atoms with Gasteiger partial charge in [-0.05, 0) is 37.5 Å². The number of amides is 1. The number of anilines is 1. The Kier molecular flexibility index (Phi) is 3.78. The lowest BCUT2D eigenvalue weighted by atomic mass is 9.78. The predicted molar refractivity (Wildman–Crippen MR) is 78.9 cm³/mol. The first kappa shape index (κ1) is 14.8. The molecule has 2 fully saturated rings. The zero-order chi connectivity index (χ0) is 15.9. The van der Waals surface area contributed by atoms with Gasteiger partial charge < -0.3 is 19.9 Å². The third-order valence-electron chi connectivity index (χ3n) is 4.47. The first-order valence-electron chi connectivity index (χ1n) is 7.35. The van der Waals surface area contributed by atoms with Gasteiger partial charge in [0, 0.05) is 0 Å². The van der Waals surface area contributed by atoms with E-state index in [2.05, 4.69) is 5.32 Å². The standard InChI is InChI=1S/C16H19NO5/c1-8-3-4-10(21-2)9(7-8)17-15(18)13-11-5-6-12(22-11)14(13)16(19)20/h3-4,7,11-14H,5-6H2,1-2H3,(H,17,18)(H,19,20)/t11-,12+,13-,14-/m0/s1. The largest absolute Gasteiger partial charge is 0.495 e. The Morgan fingerprint density at radius 3 is 2.59 bits per heavy atom. The number of aryl methyl sites for hydroxylation is 1. The van der Waals surface area contributed by atoms with Gasteiger partial charge in [-0.3, -0.25) is 9.59 Å². The number of methoxy groups -OCH3 is 1. The number of carbonyl (C=O) groups excluding carboxylic acids is 1. The molecule has 6 nitrogen and oxygen atoms in total. The molecule has 0 aliphatic carbocycles. The first-order chi connectivity index (χ1) is 10.5. The van der Waals surface area contributed by atoms with Crippen molar-refractivity contribution >= 4 is 17.6 Å². The molecule has 2 heterocycles. The van der Waals surface area contributed by atoms with Crippen molar-refractivity contribution in [2.45, 2.75) is 32.0 Å². The van der Waals surface area contributed by atoms with Crippen molar-refractivity contribution in [3.05, 3.63) is 23.8 Å². The number of aliphatic carboxylic acids is 1. The molecule has 1 aromatic carbocycles. The van der Waals surface area contributed by atoms with Crippen molar-refractivity contribution < 1.29 is 24.2 Å². The molecular formula is C16H19NO5. The molecule has 2 N–H and O–H groups in total. The third-order valence-corrected chi connectivity index (χ3v) is 4.47. The Hall–Kier alpha value is -2.08. The molecular weight excluding hydrogens is 286 g/mol. The maximum absolute atomic E-state index is 12.6. The van der Waals surface area contributed by atoms with Crippen LogP contribution in [0.4, 0.5) is 5.69 Å². The average molecular weight is 305 g/mol. The van der Waals surface area contributed by atoms with E-state index in [-0.39, 0.29) is 18.1 Å². The van der Waals surface area contributed by atoms with Gasteiger partial charge >= 0.3 is 5.97 Å². The number of ether oxygens (including phenoxy) is 2. The summed E-state index contributed by atoms with van der Waals surface area (Å²) in [4.78, 5) is 24.0. The van der Waals surface area contributed by atoms with E-state index in [1.807, 2.05) is 13.0 Å². The Labute approximate surface area is 128 Å². The Morgan fingerprint density at radius 2 is 1.95 bits per heavy atom. The molecule has 6 heteroatoms. The van der Waals surface area contributed by atoms with Crippen molar-refractivity contribution in [3.8, 4) is 5.75 Å². The second-order valence-electron chi connectivity index (χ2n) is 5.87. The van der Waals surface area contributed by atoms with Gasteiger partial charge in [0.25, 0.3) is 0 Å². The molecule has 4 atom stereocenters. The number of hydrogen-bond acceptors (Lipinski definition) is 4. The summed E-state index contributed by atoms with van der Waals surface area (Å²) >= 11 is 0. The quantitative estimate of drug-likeness (QED) is 0.886. The second-order valence-corrected chi connectivity index (χ2v) is 5.87. The fraction of sp³-hybridized carbons (Fsp3) is 0.500. The van der Waals surface area contributed by atoms with Gasteiger partial charge in [-0.2, -0.15) is 0 Å². The van der Waals surface area contributed by atoms with Crippen LogP contribution in [0.15, 0.2) is 18.2 Å². The topological polar surface area (TPSA) is 84.9 Å². The Bertz CT molecular complexity index is 615. The van der Waals surface area contributed by atoms with Gasteiger partial charge in [0.1, 0.15) is 5.75 Å². The average Bonchev–Trinajstić information content (AvgIpc) is 3.08. The van der Waals surface area contributed by atoms with Gasteiger partial charge in [-0.1, -0.05) is 6.07 Å². The van der Waals surface area contributed by atoms with Crippen LogP contribution >= 0.6 is 0 Å². The van der Waals surface area contributed by atoms with Crippen molar-refractivity contribution in [1.82, 2.24) is 0 Å². The molecule has 2 aliphatic rings. The van der Waals surface area contributed by atoms with Crippen LogP contribution < -0.4 is 10.1 Å². The van der Waals surface area contributed by atoms with Gasteiger partial charge in [0.2, 0.25) is 5.91 Å². The van der Waals surface area contributed by atoms with Crippen LogP contribution in [-0.2, 0) is 14.3 Å². The van der Waals surface area contributed by atoms with E-state index in [1.165, 1.54) is 7.11 Å². The molecule has 1 aromatic rings. The molecule has 0 spiro atoms. The van der Waals surface area contributed by atoms with Crippen LogP contribution in [0.3, 0.4) is 0 Å². The number of benzene rings is 1. The molecule has 1 amide bonds. The smallest absolute Gasteiger partial charge is 0.310 e. The summed E-state index contributed by atoms with van der Waals surface area (Å²) in [5, 5.41) is 12.2. The lowest BCUT2D eigenvalue weighted by molar-refractivity contribution is -0.147. The molecule has 2 aliphatic heterocycles. The molecule has 118 valence electrons. The number of nitrogens with one attached hydrogen (secondary N) is 1. The van der Waals surface area contributed by atoms with Gasteiger partial charge in [-0.15, -0.1) is 0 Å². The number of rotatable bonds is 4. The molecule has 22 heavy (non-hydrogen) atoms. The fourth-order valence-electron chi connectivity index (χ4n) is 3.46. The third kappa shape index (κ3) is 2.43. The minimum absolute atomic E-state index is 0.304. The molecule has 0 radical (unpaired) electrons. The summed E-state index contributed by atoms with van der Waals surface area (Å²) in [6, 6.07) is 5.46. The lowest BCUT2D eigenvalue weighted by Crippen LogP contribution is -2.41. The maximum atomic E-state index is 12.6. The van der Waals surface area contributed by atoms with E-state index in [0.29, 0.717) is 17.9 Å². The van der Waals surface area contributed by atoms with Crippen LogP contribution in [-0.4, -0.2) is 36.3 Å². The van der Waals surface area contributed by atoms with Gasteiger partial charge in [0.05, 0.1) is 36.8 Å². The highest BCUT2D eigenvalue weighted by Crippen LogP contribution is 2.44. The zero-order valence-corrected chi connectivity index (χ0v) is 12.5. The Balaban J connectivity index is 1.82. The number of hydrogen-bond donors (Lipinski definition) is 2. The number of carboxylic acid groups (broad SMARTS) is 1. The summed E-state index contributed by atoms with van der Waals surface area (Å²) < 4.78 is 10.9. The summed E-state index contributed by atoms with van der Waals surface area (Å²) in [7, 11) is 1.53. The molecule has 3 rings (SSSR count). The van der Waals surface area contributed by atoms with Crippen molar-refractivity contribution in [2.75, 3.05) is 12.4 Å². The van der Waals surface area contributed by atoms with Crippen molar-refractivity contribution in [3.63, 3.8) is 0 Å². The van der Waals surface area contributed by atoms with Gasteiger partial charge in [-0.25, -0.2) is 0 Å². The van der Waals surface area contributed by atoms with Crippen LogP contribution in [0.5, 0.6) is 5.75 Å². The van der Waals surface area contributed by atoms with Crippen LogP contribution in [0, 0.1) is 18.8 Å². The first-order valence-corrected chi connectivity index (χ1v) is 7.35. The highest BCUT2D eigenvalue weighted by molar-refractivity contribution is 5.97. The lowest BCUT2D eigenvalue weighted by Gasteiger charge is -2.24. The van der Waals surface area contributed by atoms with Crippen LogP contribution in [0.1, 0.15) is 18.4 Å².